The van der Waals surface area contributed by atoms with Gasteiger partial charge in [-0.15, -0.1) is 0 Å². The number of nitrogens with one attached hydrogen (secondary N) is 1. The zero-order chi connectivity index (χ0) is 9.95. The first-order valence-corrected chi connectivity index (χ1v) is 4.31. The summed E-state index contributed by atoms with van der Waals surface area (Å²) < 4.78 is 40.7. The standard InChI is InChI=1S/C8H14F3NO/c1-7(2-4-13-5-3-7)12-6-8(9,10)11/h12H,2-6H2,1H3. The Hall–Kier alpha value is -0.290. The van der Waals surface area contributed by atoms with Gasteiger partial charge in [0.2, 0.25) is 0 Å². The Bertz CT molecular complexity index is 163. The molecule has 0 aromatic rings. The normalized spacial score (nSPS) is 23.1. The maximum atomic E-state index is 11.9. The van der Waals surface area contributed by atoms with Crippen molar-refractivity contribution in [1.82, 2.24) is 5.32 Å². The van der Waals surface area contributed by atoms with Gasteiger partial charge in [0, 0.05) is 18.8 Å². The van der Waals surface area contributed by atoms with Gasteiger partial charge in [-0.05, 0) is 19.8 Å². The number of hydrogen-bond acceptors (Lipinski definition) is 2. The van der Waals surface area contributed by atoms with Crippen molar-refractivity contribution in [3.8, 4) is 0 Å². The van der Waals surface area contributed by atoms with Gasteiger partial charge in [-0.3, -0.25) is 0 Å². The van der Waals surface area contributed by atoms with E-state index in [0.29, 0.717) is 26.1 Å². The van der Waals surface area contributed by atoms with E-state index in [1.807, 2.05) is 0 Å². The fourth-order valence-corrected chi connectivity index (χ4v) is 1.31. The molecule has 0 saturated carbocycles. The average molecular weight is 197 g/mol. The average Bonchev–Trinajstić information content (AvgIpc) is 2.02. The second-order valence-corrected chi connectivity index (χ2v) is 3.64. The number of hydrogen-bond donors (Lipinski definition) is 1. The van der Waals surface area contributed by atoms with Gasteiger partial charge in [0.05, 0.1) is 6.54 Å². The van der Waals surface area contributed by atoms with Gasteiger partial charge in [-0.2, -0.15) is 13.2 Å². The Morgan fingerprint density at radius 3 is 2.31 bits per heavy atom. The molecule has 1 aliphatic heterocycles. The highest BCUT2D eigenvalue weighted by Gasteiger charge is 2.33. The molecule has 0 aromatic carbocycles. The van der Waals surface area contributed by atoms with Gasteiger partial charge >= 0.3 is 6.18 Å². The van der Waals surface area contributed by atoms with Crippen LogP contribution in [-0.4, -0.2) is 31.5 Å². The van der Waals surface area contributed by atoms with E-state index in [9.17, 15) is 13.2 Å². The van der Waals surface area contributed by atoms with E-state index in [-0.39, 0.29) is 0 Å². The Kier molecular flexibility index (Phi) is 3.18. The Balaban J connectivity index is 2.33. The van der Waals surface area contributed by atoms with E-state index in [0.717, 1.165) is 0 Å². The molecule has 1 heterocycles. The van der Waals surface area contributed by atoms with Crippen LogP contribution in [-0.2, 0) is 4.74 Å². The number of ether oxygens (including phenoxy) is 1. The molecule has 0 aromatic heterocycles. The summed E-state index contributed by atoms with van der Waals surface area (Å²) in [6, 6.07) is 0. The van der Waals surface area contributed by atoms with Crippen molar-refractivity contribution in [1.29, 1.82) is 0 Å². The summed E-state index contributed by atoms with van der Waals surface area (Å²) in [6.07, 6.45) is -2.84. The third-order valence-corrected chi connectivity index (χ3v) is 2.31. The summed E-state index contributed by atoms with van der Waals surface area (Å²) in [7, 11) is 0. The van der Waals surface area contributed by atoms with Crippen LogP contribution in [0.5, 0.6) is 0 Å². The number of halogens is 3. The molecule has 78 valence electrons. The van der Waals surface area contributed by atoms with Gasteiger partial charge in [-0.1, -0.05) is 0 Å². The fourth-order valence-electron chi connectivity index (χ4n) is 1.31. The molecule has 0 radical (unpaired) electrons. The highest BCUT2D eigenvalue weighted by Crippen LogP contribution is 2.22. The van der Waals surface area contributed by atoms with Crippen molar-refractivity contribution in [2.45, 2.75) is 31.5 Å². The van der Waals surface area contributed by atoms with Crippen LogP contribution in [0.4, 0.5) is 13.2 Å². The maximum Gasteiger partial charge on any atom is 0.401 e. The highest BCUT2D eigenvalue weighted by atomic mass is 19.4. The van der Waals surface area contributed by atoms with E-state index < -0.39 is 18.3 Å². The van der Waals surface area contributed by atoms with E-state index in [1.54, 1.807) is 6.92 Å². The summed E-state index contributed by atoms with van der Waals surface area (Å²) in [5, 5.41) is 2.53. The van der Waals surface area contributed by atoms with Crippen LogP contribution < -0.4 is 5.32 Å². The summed E-state index contributed by atoms with van der Waals surface area (Å²) in [5.74, 6) is 0. The zero-order valence-electron chi connectivity index (χ0n) is 7.58. The molecule has 0 atom stereocenters. The van der Waals surface area contributed by atoms with Gasteiger partial charge in [-0.25, -0.2) is 0 Å². The summed E-state index contributed by atoms with van der Waals surface area (Å²) >= 11 is 0. The molecule has 0 unspecified atom stereocenters. The predicted octanol–water partition coefficient (Wildman–Crippen LogP) is 1.71. The monoisotopic (exact) mass is 197 g/mol. The lowest BCUT2D eigenvalue weighted by molar-refractivity contribution is -0.130. The lowest BCUT2D eigenvalue weighted by Crippen LogP contribution is -2.50. The zero-order valence-corrected chi connectivity index (χ0v) is 7.58. The van der Waals surface area contributed by atoms with Gasteiger partial charge in [0.25, 0.3) is 0 Å². The first-order valence-electron chi connectivity index (χ1n) is 4.31. The minimum Gasteiger partial charge on any atom is -0.381 e. The van der Waals surface area contributed by atoms with Crippen LogP contribution in [0, 0.1) is 0 Å². The topological polar surface area (TPSA) is 21.3 Å². The molecule has 1 N–H and O–H groups in total. The smallest absolute Gasteiger partial charge is 0.381 e. The Morgan fingerprint density at radius 1 is 1.31 bits per heavy atom. The lowest BCUT2D eigenvalue weighted by atomic mass is 9.92. The van der Waals surface area contributed by atoms with Gasteiger partial charge in [0.1, 0.15) is 0 Å². The fraction of sp³-hybridized carbons (Fsp3) is 1.00. The molecule has 0 aliphatic carbocycles. The van der Waals surface area contributed by atoms with E-state index in [1.165, 1.54) is 0 Å². The summed E-state index contributed by atoms with van der Waals surface area (Å²) in [6.45, 7) is 1.98. The number of rotatable bonds is 2. The second kappa shape index (κ2) is 3.84. The molecule has 5 heteroatoms. The molecular formula is C8H14F3NO. The van der Waals surface area contributed by atoms with Crippen molar-refractivity contribution in [2.24, 2.45) is 0 Å². The Morgan fingerprint density at radius 2 is 1.85 bits per heavy atom. The molecule has 13 heavy (non-hydrogen) atoms. The number of alkyl halides is 3. The minimum atomic E-state index is -4.12. The van der Waals surface area contributed by atoms with Crippen molar-refractivity contribution >= 4 is 0 Å². The highest BCUT2D eigenvalue weighted by molar-refractivity contribution is 4.85. The van der Waals surface area contributed by atoms with Crippen LogP contribution in [0.3, 0.4) is 0 Å². The first kappa shape index (κ1) is 10.8. The quantitative estimate of drug-likeness (QED) is 0.727. The maximum absolute atomic E-state index is 11.9. The molecule has 1 fully saturated rings. The summed E-state index contributed by atoms with van der Waals surface area (Å²) in [5.41, 5.74) is -0.409. The Labute approximate surface area is 75.4 Å². The summed E-state index contributed by atoms with van der Waals surface area (Å²) in [4.78, 5) is 0. The van der Waals surface area contributed by atoms with Crippen LogP contribution in [0.25, 0.3) is 0 Å². The van der Waals surface area contributed by atoms with E-state index >= 15 is 0 Å². The first-order chi connectivity index (χ1) is 5.91. The molecule has 0 amide bonds. The van der Waals surface area contributed by atoms with Crippen molar-refractivity contribution < 1.29 is 17.9 Å². The molecule has 1 aliphatic rings. The molecular weight excluding hydrogens is 183 g/mol. The van der Waals surface area contributed by atoms with Crippen LogP contribution in [0.15, 0.2) is 0 Å². The molecule has 2 nitrogen and oxygen atoms in total. The third-order valence-electron chi connectivity index (χ3n) is 2.31. The second-order valence-electron chi connectivity index (χ2n) is 3.64. The molecule has 1 saturated heterocycles. The predicted molar refractivity (Wildman–Crippen MR) is 42.5 cm³/mol. The van der Waals surface area contributed by atoms with Gasteiger partial charge in [0.15, 0.2) is 0 Å². The van der Waals surface area contributed by atoms with E-state index in [2.05, 4.69) is 5.32 Å². The third kappa shape index (κ3) is 3.95. The van der Waals surface area contributed by atoms with Crippen LogP contribution >= 0.6 is 0 Å². The largest absolute Gasteiger partial charge is 0.401 e. The molecule has 1 rings (SSSR count). The lowest BCUT2D eigenvalue weighted by Gasteiger charge is -2.34. The van der Waals surface area contributed by atoms with Crippen molar-refractivity contribution in [2.75, 3.05) is 19.8 Å². The van der Waals surface area contributed by atoms with Crippen molar-refractivity contribution in [3.05, 3.63) is 0 Å². The van der Waals surface area contributed by atoms with Gasteiger partial charge < -0.3 is 10.1 Å². The SMILES string of the molecule is CC1(NCC(F)(F)F)CCOCC1. The minimum absolute atomic E-state index is 0.409. The van der Waals surface area contributed by atoms with Crippen molar-refractivity contribution in [3.63, 3.8) is 0 Å². The van der Waals surface area contributed by atoms with Crippen LogP contribution in [0.1, 0.15) is 19.8 Å². The molecule has 0 bridgehead atoms. The van der Waals surface area contributed by atoms with E-state index in [4.69, 9.17) is 4.74 Å². The van der Waals surface area contributed by atoms with Crippen LogP contribution in [0.2, 0.25) is 0 Å². The molecule has 0 spiro atoms.